The van der Waals surface area contributed by atoms with Gasteiger partial charge in [-0.1, -0.05) is 24.3 Å². The van der Waals surface area contributed by atoms with Gasteiger partial charge in [0.15, 0.2) is 0 Å². The van der Waals surface area contributed by atoms with Gasteiger partial charge in [0, 0.05) is 0 Å². The van der Waals surface area contributed by atoms with Gasteiger partial charge in [-0.15, -0.1) is 0 Å². The number of hydrogen-bond donors (Lipinski definition) is 0. The van der Waals surface area contributed by atoms with Crippen LogP contribution in [0.2, 0.25) is 0 Å². The molecule has 1 radical (unpaired) electrons. The molecule has 1 rings (SSSR count). The molecule has 0 bridgehead atoms. The lowest BCUT2D eigenvalue weighted by Crippen LogP contribution is -2.11. The van der Waals surface area contributed by atoms with Crippen molar-refractivity contribution in [2.45, 2.75) is 19.0 Å². The first-order valence-electron chi connectivity index (χ1n) is 3.95. The van der Waals surface area contributed by atoms with E-state index in [-0.39, 0.29) is 0 Å². The summed E-state index contributed by atoms with van der Waals surface area (Å²) < 4.78 is 35.9. The first-order valence-corrected chi connectivity index (χ1v) is 3.95. The van der Waals surface area contributed by atoms with Gasteiger partial charge < -0.3 is 0 Å². The van der Waals surface area contributed by atoms with Crippen LogP contribution in [0.3, 0.4) is 0 Å². The van der Waals surface area contributed by atoms with Gasteiger partial charge in [0.05, 0.1) is 6.42 Å². The van der Waals surface area contributed by atoms with Gasteiger partial charge >= 0.3 is 6.18 Å². The third-order valence-corrected chi connectivity index (χ3v) is 1.68. The predicted molar refractivity (Wildman–Crippen MR) is 45.3 cm³/mol. The van der Waals surface area contributed by atoms with Crippen LogP contribution in [-0.4, -0.2) is 6.18 Å². The van der Waals surface area contributed by atoms with Crippen LogP contribution >= 0.6 is 0 Å². The highest BCUT2D eigenvalue weighted by atomic mass is 19.4. The number of alkyl halides is 3. The zero-order chi connectivity index (χ0) is 9.90. The highest BCUT2D eigenvalue weighted by Gasteiger charge is 2.27. The van der Waals surface area contributed by atoms with Crippen LogP contribution < -0.4 is 0 Å². The first kappa shape index (κ1) is 10.1. The van der Waals surface area contributed by atoms with Gasteiger partial charge in [-0.25, -0.2) is 0 Å². The average Bonchev–Trinajstić information content (AvgIpc) is 2.01. The van der Waals surface area contributed by atoms with Gasteiger partial charge in [0.1, 0.15) is 0 Å². The maximum absolute atomic E-state index is 12.0. The molecule has 0 N–H and O–H groups in total. The van der Waals surface area contributed by atoms with Gasteiger partial charge in [-0.05, 0) is 24.5 Å². The summed E-state index contributed by atoms with van der Waals surface area (Å²) in [7, 11) is 0. The average molecular weight is 187 g/mol. The third kappa shape index (κ3) is 3.49. The van der Waals surface area contributed by atoms with Crippen molar-refractivity contribution < 1.29 is 13.2 Å². The molecule has 0 fully saturated rings. The summed E-state index contributed by atoms with van der Waals surface area (Å²) in [5.74, 6) is 0. The molecule has 1 aromatic rings. The lowest BCUT2D eigenvalue weighted by Gasteiger charge is -2.06. The summed E-state index contributed by atoms with van der Waals surface area (Å²) in [5, 5.41) is 0. The Morgan fingerprint density at radius 2 is 1.77 bits per heavy atom. The van der Waals surface area contributed by atoms with E-state index in [1.54, 1.807) is 18.2 Å². The van der Waals surface area contributed by atoms with Crippen molar-refractivity contribution in [2.24, 2.45) is 0 Å². The number of benzene rings is 1. The molecular weight excluding hydrogens is 177 g/mol. The largest absolute Gasteiger partial charge is 0.393 e. The van der Waals surface area contributed by atoms with Crippen LogP contribution in [0.5, 0.6) is 0 Å². The Balaban J connectivity index is 2.78. The summed E-state index contributed by atoms with van der Waals surface area (Å²) in [6.45, 7) is 3.61. The summed E-state index contributed by atoms with van der Waals surface area (Å²) in [6.07, 6.45) is -4.47. The number of rotatable bonds is 2. The smallest absolute Gasteiger partial charge is 0.171 e. The summed E-state index contributed by atoms with van der Waals surface area (Å²) in [4.78, 5) is 0. The van der Waals surface area contributed by atoms with E-state index in [9.17, 15) is 13.2 Å². The van der Waals surface area contributed by atoms with Crippen LogP contribution in [0.15, 0.2) is 24.3 Å². The van der Waals surface area contributed by atoms with E-state index in [1.165, 1.54) is 6.07 Å². The Hall–Kier alpha value is -0.990. The molecule has 0 nitrogen and oxygen atoms in total. The van der Waals surface area contributed by atoms with Crippen molar-refractivity contribution in [3.8, 4) is 0 Å². The SMILES string of the molecule is [CH2]Cc1cccc(CC(F)(F)F)c1. The predicted octanol–water partition coefficient (Wildman–Crippen LogP) is 3.17. The van der Waals surface area contributed by atoms with Crippen molar-refractivity contribution in [1.82, 2.24) is 0 Å². The Labute approximate surface area is 75.4 Å². The molecule has 0 aliphatic rings. The quantitative estimate of drug-likeness (QED) is 0.667. The van der Waals surface area contributed by atoms with Gasteiger partial charge in [-0.2, -0.15) is 13.2 Å². The normalized spacial score (nSPS) is 11.7. The van der Waals surface area contributed by atoms with Crippen molar-refractivity contribution in [3.63, 3.8) is 0 Å². The molecule has 0 saturated carbocycles. The molecular formula is C10H10F3. The highest BCUT2D eigenvalue weighted by Crippen LogP contribution is 2.21. The Morgan fingerprint density at radius 1 is 1.15 bits per heavy atom. The monoisotopic (exact) mass is 187 g/mol. The molecule has 0 atom stereocenters. The van der Waals surface area contributed by atoms with E-state index in [4.69, 9.17) is 0 Å². The lowest BCUT2D eigenvalue weighted by molar-refractivity contribution is -0.127. The Bertz CT molecular complexity index is 276. The molecule has 71 valence electrons. The van der Waals surface area contributed by atoms with Crippen LogP contribution in [0.1, 0.15) is 11.1 Å². The topological polar surface area (TPSA) is 0 Å². The second-order valence-electron chi connectivity index (χ2n) is 2.86. The van der Waals surface area contributed by atoms with Crippen molar-refractivity contribution in [3.05, 3.63) is 42.3 Å². The number of halogens is 3. The second-order valence-corrected chi connectivity index (χ2v) is 2.86. The summed E-state index contributed by atoms with van der Waals surface area (Å²) in [6, 6.07) is 6.42. The van der Waals surface area contributed by atoms with E-state index >= 15 is 0 Å². The minimum absolute atomic E-state index is 0.300. The molecule has 0 amide bonds. The fraction of sp³-hybridized carbons (Fsp3) is 0.300. The van der Waals surface area contributed by atoms with Gasteiger partial charge in [-0.3, -0.25) is 0 Å². The number of hydrogen-bond acceptors (Lipinski definition) is 0. The fourth-order valence-electron chi connectivity index (χ4n) is 1.13. The van der Waals surface area contributed by atoms with Gasteiger partial charge in [0.25, 0.3) is 0 Å². The van der Waals surface area contributed by atoms with Crippen LogP contribution in [0.25, 0.3) is 0 Å². The molecule has 1 aromatic carbocycles. The molecule has 13 heavy (non-hydrogen) atoms. The van der Waals surface area contributed by atoms with E-state index in [0.29, 0.717) is 12.0 Å². The Morgan fingerprint density at radius 3 is 2.31 bits per heavy atom. The molecule has 3 heteroatoms. The van der Waals surface area contributed by atoms with Crippen molar-refractivity contribution >= 4 is 0 Å². The zero-order valence-electron chi connectivity index (χ0n) is 7.06. The van der Waals surface area contributed by atoms with Crippen molar-refractivity contribution in [1.29, 1.82) is 0 Å². The Kier molecular flexibility index (Phi) is 2.96. The molecule has 0 unspecified atom stereocenters. The molecule has 0 heterocycles. The van der Waals surface area contributed by atoms with Crippen LogP contribution in [0, 0.1) is 6.92 Å². The maximum atomic E-state index is 12.0. The van der Waals surface area contributed by atoms with Crippen molar-refractivity contribution in [2.75, 3.05) is 0 Å². The van der Waals surface area contributed by atoms with Gasteiger partial charge in [0.2, 0.25) is 0 Å². The molecule has 0 aliphatic heterocycles. The summed E-state index contributed by atoms with van der Waals surface area (Å²) >= 11 is 0. The lowest BCUT2D eigenvalue weighted by atomic mass is 10.1. The summed E-state index contributed by atoms with van der Waals surface area (Å²) in [5.41, 5.74) is 1.13. The van der Waals surface area contributed by atoms with E-state index in [0.717, 1.165) is 5.56 Å². The fourth-order valence-corrected chi connectivity index (χ4v) is 1.13. The standard InChI is InChI=1S/C10H10F3/c1-2-8-4-3-5-9(6-8)7-10(11,12)13/h3-6H,1-2,7H2. The third-order valence-electron chi connectivity index (χ3n) is 1.68. The van der Waals surface area contributed by atoms with E-state index < -0.39 is 12.6 Å². The molecule has 0 saturated heterocycles. The van der Waals surface area contributed by atoms with E-state index in [1.807, 2.05) is 0 Å². The second kappa shape index (κ2) is 3.81. The maximum Gasteiger partial charge on any atom is 0.393 e. The zero-order valence-corrected chi connectivity index (χ0v) is 7.06. The minimum atomic E-state index is -4.13. The highest BCUT2D eigenvalue weighted by molar-refractivity contribution is 5.24. The first-order chi connectivity index (χ1) is 6.01. The van der Waals surface area contributed by atoms with Crippen LogP contribution in [0.4, 0.5) is 13.2 Å². The van der Waals surface area contributed by atoms with E-state index in [2.05, 4.69) is 6.92 Å². The molecule has 0 spiro atoms. The van der Waals surface area contributed by atoms with Crippen LogP contribution in [-0.2, 0) is 12.8 Å². The molecule has 0 aliphatic carbocycles. The molecule has 0 aromatic heterocycles. The minimum Gasteiger partial charge on any atom is -0.171 e.